The number of aryl methyl sites for hydroxylation is 1. The van der Waals surface area contributed by atoms with Crippen LogP contribution in [0, 0.1) is 24.1 Å². The van der Waals surface area contributed by atoms with Gasteiger partial charge in [-0.15, -0.1) is 0 Å². The van der Waals surface area contributed by atoms with Crippen LogP contribution >= 0.6 is 0 Å². The molecule has 0 amide bonds. The van der Waals surface area contributed by atoms with Gasteiger partial charge in [-0.3, -0.25) is 0 Å². The van der Waals surface area contributed by atoms with Gasteiger partial charge in [0.1, 0.15) is 17.3 Å². The van der Waals surface area contributed by atoms with Gasteiger partial charge in [0.15, 0.2) is 0 Å². The maximum absolute atomic E-state index is 12.7. The number of halogens is 1. The second-order valence-electron chi connectivity index (χ2n) is 3.64. The average Bonchev–Trinajstić information content (AvgIpc) is 2.32. The maximum Gasteiger partial charge on any atom is 0.127 e. The van der Waals surface area contributed by atoms with Gasteiger partial charge >= 0.3 is 0 Å². The summed E-state index contributed by atoms with van der Waals surface area (Å²) in [5.41, 5.74) is 1.48. The van der Waals surface area contributed by atoms with Crippen LogP contribution in [0.1, 0.15) is 11.1 Å². The molecule has 2 aromatic rings. The Labute approximate surface area is 98.9 Å². The third kappa shape index (κ3) is 2.61. The highest BCUT2D eigenvalue weighted by Gasteiger charge is 2.01. The Kier molecular flexibility index (Phi) is 3.06. The molecule has 2 aromatic carbocycles. The molecule has 2 rings (SSSR count). The zero-order chi connectivity index (χ0) is 12.3. The molecule has 0 aliphatic carbocycles. The van der Waals surface area contributed by atoms with Crippen LogP contribution in [0.2, 0.25) is 0 Å². The quantitative estimate of drug-likeness (QED) is 0.781. The first-order chi connectivity index (χ1) is 8.19. The van der Waals surface area contributed by atoms with Crippen molar-refractivity contribution >= 4 is 0 Å². The van der Waals surface area contributed by atoms with Gasteiger partial charge in [-0.2, -0.15) is 5.26 Å². The molecule has 0 aliphatic heterocycles. The lowest BCUT2D eigenvalue weighted by Gasteiger charge is -2.06. The highest BCUT2D eigenvalue weighted by atomic mass is 19.1. The fourth-order valence-electron chi connectivity index (χ4n) is 1.46. The zero-order valence-corrected chi connectivity index (χ0v) is 9.27. The van der Waals surface area contributed by atoms with E-state index in [9.17, 15) is 4.39 Å². The summed E-state index contributed by atoms with van der Waals surface area (Å²) >= 11 is 0. The monoisotopic (exact) mass is 227 g/mol. The van der Waals surface area contributed by atoms with Crippen molar-refractivity contribution in [3.63, 3.8) is 0 Å². The number of ether oxygens (including phenoxy) is 1. The van der Waals surface area contributed by atoms with E-state index < -0.39 is 0 Å². The van der Waals surface area contributed by atoms with E-state index in [2.05, 4.69) is 6.07 Å². The molecule has 0 atom stereocenters. The fourth-order valence-corrected chi connectivity index (χ4v) is 1.46. The van der Waals surface area contributed by atoms with Crippen LogP contribution < -0.4 is 4.74 Å². The van der Waals surface area contributed by atoms with Crippen molar-refractivity contribution in [1.82, 2.24) is 0 Å². The molecule has 2 nitrogen and oxygen atoms in total. The predicted octanol–water partition coefficient (Wildman–Crippen LogP) is 3.80. The normalized spacial score (nSPS) is 9.71. The highest BCUT2D eigenvalue weighted by molar-refractivity contribution is 5.43. The summed E-state index contributed by atoms with van der Waals surface area (Å²) in [6.45, 7) is 1.84. The Morgan fingerprint density at radius 2 is 1.71 bits per heavy atom. The lowest BCUT2D eigenvalue weighted by molar-refractivity contribution is 0.480. The Morgan fingerprint density at radius 3 is 2.29 bits per heavy atom. The van der Waals surface area contributed by atoms with Crippen molar-refractivity contribution < 1.29 is 9.13 Å². The lowest BCUT2D eigenvalue weighted by Crippen LogP contribution is -1.87. The van der Waals surface area contributed by atoms with Crippen molar-refractivity contribution in [3.05, 3.63) is 59.4 Å². The molecule has 0 heterocycles. The summed E-state index contributed by atoms with van der Waals surface area (Å²) in [6, 6.07) is 13.1. The van der Waals surface area contributed by atoms with Gasteiger partial charge in [0.05, 0.1) is 11.6 Å². The van der Waals surface area contributed by atoms with Crippen LogP contribution in [-0.2, 0) is 0 Å². The van der Waals surface area contributed by atoms with Crippen LogP contribution in [0.5, 0.6) is 11.5 Å². The summed E-state index contributed by atoms with van der Waals surface area (Å²) in [5.74, 6) is 0.900. The summed E-state index contributed by atoms with van der Waals surface area (Å²) in [7, 11) is 0. The molecular formula is C14H10FNO. The third-order valence-electron chi connectivity index (χ3n) is 2.37. The van der Waals surface area contributed by atoms with Crippen molar-refractivity contribution in [2.45, 2.75) is 6.92 Å². The molecule has 0 saturated heterocycles. The predicted molar refractivity (Wildman–Crippen MR) is 62.4 cm³/mol. The zero-order valence-electron chi connectivity index (χ0n) is 9.27. The SMILES string of the molecule is Cc1cc(Oc2ccc(F)cc2)ccc1C#N. The van der Waals surface area contributed by atoms with Gasteiger partial charge in [-0.25, -0.2) is 4.39 Å². The molecule has 0 fully saturated rings. The van der Waals surface area contributed by atoms with E-state index in [-0.39, 0.29) is 5.82 Å². The van der Waals surface area contributed by atoms with E-state index in [1.54, 1.807) is 30.3 Å². The van der Waals surface area contributed by atoms with Gasteiger partial charge in [0.2, 0.25) is 0 Å². The van der Waals surface area contributed by atoms with Gasteiger partial charge in [0.25, 0.3) is 0 Å². The van der Waals surface area contributed by atoms with E-state index >= 15 is 0 Å². The molecule has 0 aliphatic rings. The van der Waals surface area contributed by atoms with Crippen LogP contribution in [-0.4, -0.2) is 0 Å². The Balaban J connectivity index is 2.22. The Hall–Kier alpha value is -2.34. The highest BCUT2D eigenvalue weighted by Crippen LogP contribution is 2.23. The first-order valence-corrected chi connectivity index (χ1v) is 5.13. The van der Waals surface area contributed by atoms with Crippen LogP contribution in [0.25, 0.3) is 0 Å². The second-order valence-corrected chi connectivity index (χ2v) is 3.64. The number of rotatable bonds is 2. The van der Waals surface area contributed by atoms with Crippen molar-refractivity contribution in [3.8, 4) is 17.6 Å². The van der Waals surface area contributed by atoms with Gasteiger partial charge in [0, 0.05) is 0 Å². The minimum atomic E-state index is -0.298. The van der Waals surface area contributed by atoms with E-state index in [1.807, 2.05) is 6.92 Å². The van der Waals surface area contributed by atoms with Crippen LogP contribution in [0.4, 0.5) is 4.39 Å². The van der Waals surface area contributed by atoms with Crippen molar-refractivity contribution in [1.29, 1.82) is 5.26 Å². The Bertz CT molecular complexity index is 570. The minimum absolute atomic E-state index is 0.298. The molecule has 84 valence electrons. The third-order valence-corrected chi connectivity index (χ3v) is 2.37. The van der Waals surface area contributed by atoms with Gasteiger partial charge in [-0.1, -0.05) is 0 Å². The van der Waals surface area contributed by atoms with Crippen LogP contribution in [0.15, 0.2) is 42.5 Å². The number of hydrogen-bond donors (Lipinski definition) is 0. The largest absolute Gasteiger partial charge is 0.457 e. The van der Waals surface area contributed by atoms with Gasteiger partial charge in [-0.05, 0) is 55.0 Å². The molecule has 0 bridgehead atoms. The fraction of sp³-hybridized carbons (Fsp3) is 0.0714. The van der Waals surface area contributed by atoms with Crippen molar-refractivity contribution in [2.75, 3.05) is 0 Å². The number of nitriles is 1. The first kappa shape index (κ1) is 11.2. The molecule has 17 heavy (non-hydrogen) atoms. The van der Waals surface area contributed by atoms with Gasteiger partial charge < -0.3 is 4.74 Å². The number of nitrogens with zero attached hydrogens (tertiary/aromatic N) is 1. The van der Waals surface area contributed by atoms with Crippen LogP contribution in [0.3, 0.4) is 0 Å². The standard InChI is InChI=1S/C14H10FNO/c1-10-8-14(5-2-11(10)9-16)17-13-6-3-12(15)4-7-13/h2-8H,1H3. The van der Waals surface area contributed by atoms with E-state index in [4.69, 9.17) is 10.00 Å². The van der Waals surface area contributed by atoms with Crippen molar-refractivity contribution in [2.24, 2.45) is 0 Å². The van der Waals surface area contributed by atoms with E-state index in [0.717, 1.165) is 5.56 Å². The minimum Gasteiger partial charge on any atom is -0.457 e. The number of benzene rings is 2. The maximum atomic E-state index is 12.7. The van der Waals surface area contributed by atoms with E-state index in [0.29, 0.717) is 17.1 Å². The summed E-state index contributed by atoms with van der Waals surface area (Å²) in [5, 5.41) is 8.80. The molecule has 0 spiro atoms. The molecular weight excluding hydrogens is 217 g/mol. The first-order valence-electron chi connectivity index (χ1n) is 5.13. The Morgan fingerprint density at radius 1 is 1.06 bits per heavy atom. The van der Waals surface area contributed by atoms with E-state index in [1.165, 1.54) is 12.1 Å². The molecule has 0 aromatic heterocycles. The topological polar surface area (TPSA) is 33.0 Å². The molecule has 0 radical (unpaired) electrons. The average molecular weight is 227 g/mol. The molecule has 0 N–H and O–H groups in total. The second kappa shape index (κ2) is 4.67. The molecule has 0 saturated carbocycles. The summed E-state index contributed by atoms with van der Waals surface area (Å²) in [4.78, 5) is 0. The molecule has 3 heteroatoms. The summed E-state index contributed by atoms with van der Waals surface area (Å²) in [6.07, 6.45) is 0. The lowest BCUT2D eigenvalue weighted by atomic mass is 10.1. The molecule has 0 unspecified atom stereocenters. The smallest absolute Gasteiger partial charge is 0.127 e. The number of hydrogen-bond acceptors (Lipinski definition) is 2. The summed E-state index contributed by atoms with van der Waals surface area (Å²) < 4.78 is 18.2.